The van der Waals surface area contributed by atoms with Gasteiger partial charge in [0, 0.05) is 17.4 Å². The molecule has 0 spiro atoms. The Morgan fingerprint density at radius 3 is 1.24 bits per heavy atom. The first kappa shape index (κ1) is 58.4. The minimum atomic E-state index is -1.62. The summed E-state index contributed by atoms with van der Waals surface area (Å²) in [4.78, 5) is 128. The second-order valence-electron chi connectivity index (χ2n) is 19.1. The zero-order valence-corrected chi connectivity index (χ0v) is 51.8. The van der Waals surface area contributed by atoms with E-state index < -0.39 is 106 Å². The number of pyridine rings is 1. The van der Waals surface area contributed by atoms with E-state index in [4.69, 9.17) is 196 Å². The molecular formula is C54H16Cl16N4O8. The maximum atomic E-state index is 15.0. The first-order valence-corrected chi connectivity index (χ1v) is 29.2. The van der Waals surface area contributed by atoms with Crippen molar-refractivity contribution < 1.29 is 38.4 Å². The molecular weight excluding hydrogens is 1400 g/mol. The molecule has 412 valence electrons. The van der Waals surface area contributed by atoms with E-state index in [-0.39, 0.29) is 146 Å². The molecule has 0 bridgehead atoms. The van der Waals surface area contributed by atoms with Crippen LogP contribution < -0.4 is 4.90 Å². The summed E-state index contributed by atoms with van der Waals surface area (Å²) < 4.78 is 0. The van der Waals surface area contributed by atoms with Crippen LogP contribution in [-0.4, -0.2) is 67.9 Å². The number of amides is 4. The van der Waals surface area contributed by atoms with Crippen LogP contribution >= 0.6 is 186 Å². The van der Waals surface area contributed by atoms with Crippen LogP contribution in [0.2, 0.25) is 80.4 Å². The fraction of sp³-hybridized carbons (Fsp3) is 0.111. The Bertz CT molecular complexity index is 4290. The van der Waals surface area contributed by atoms with E-state index in [2.05, 4.69) is 0 Å². The van der Waals surface area contributed by atoms with Crippen LogP contribution in [0.5, 0.6) is 0 Å². The number of dihydropyridines is 1. The minimum Gasteiger partial charge on any atom is -0.293 e. The van der Waals surface area contributed by atoms with Crippen molar-refractivity contribution in [3.8, 4) is 0 Å². The summed E-state index contributed by atoms with van der Waals surface area (Å²) in [6.45, 7) is 1.62. The van der Waals surface area contributed by atoms with Crippen LogP contribution in [0.15, 0.2) is 64.3 Å². The van der Waals surface area contributed by atoms with Gasteiger partial charge in [-0.2, -0.15) is 0 Å². The first-order chi connectivity index (χ1) is 38.6. The number of hydrogen-bond donors (Lipinski definition) is 0. The van der Waals surface area contributed by atoms with Gasteiger partial charge in [0.25, 0.3) is 23.6 Å². The molecule has 12 nitrogen and oxygen atoms in total. The van der Waals surface area contributed by atoms with E-state index in [1.807, 2.05) is 0 Å². The molecule has 1 atom stereocenters. The quantitative estimate of drug-likeness (QED) is 0.0682. The number of carbonyl (C=O) groups is 8. The molecule has 6 aliphatic rings. The van der Waals surface area contributed by atoms with Crippen LogP contribution in [0.1, 0.15) is 113 Å². The van der Waals surface area contributed by atoms with E-state index in [1.54, 1.807) is 13.0 Å². The van der Waals surface area contributed by atoms with Crippen molar-refractivity contribution in [3.05, 3.63) is 195 Å². The van der Waals surface area contributed by atoms with Crippen LogP contribution in [-0.2, 0) is 6.42 Å². The van der Waals surface area contributed by atoms with E-state index >= 15 is 9.59 Å². The van der Waals surface area contributed by atoms with Gasteiger partial charge in [-0.25, -0.2) is 9.80 Å². The monoisotopic (exact) mass is 1410 g/mol. The number of ketones is 4. The highest BCUT2D eigenvalue weighted by Gasteiger charge is 2.52. The Hall–Kier alpha value is -4.00. The van der Waals surface area contributed by atoms with E-state index in [0.717, 1.165) is 9.80 Å². The zero-order valence-electron chi connectivity index (χ0n) is 39.7. The second kappa shape index (κ2) is 20.3. The molecule has 82 heavy (non-hydrogen) atoms. The fourth-order valence-corrected chi connectivity index (χ4v) is 15.2. The standard InChI is InChI=1S/C54H16Cl16N4O8/c1-54-9-8-12(45(74-52(81)26-27(53(74)82)35(62)43(70)42(69)34(26)61)14(54)4-7-17(72-54)19-48(77)22-23(49(19)78)31(58)39(66)38(65)30(22)57)10-11-2-5-15-13(44(11)73-50(79)24-25(51(73)80)33(60)41(68)40(67)32(24)59)3-6-16(71-15)18-46(75)20-21(47(18)76)29(56)37(64)36(63)28(20)55/h2-8,18-19H,9-10H2,1H3. The van der Waals surface area contributed by atoms with Crippen molar-refractivity contribution >= 4 is 255 Å². The Balaban J connectivity index is 1.04. The lowest BCUT2D eigenvalue weighted by Crippen LogP contribution is -2.41. The van der Waals surface area contributed by atoms with Gasteiger partial charge in [-0.05, 0) is 48.8 Å². The summed E-state index contributed by atoms with van der Waals surface area (Å²) >= 11 is 104. The van der Waals surface area contributed by atoms with Gasteiger partial charge in [-0.1, -0.05) is 204 Å². The third-order valence-corrected chi connectivity index (χ3v) is 22.0. The lowest BCUT2D eigenvalue weighted by molar-refractivity contribution is 0.0701. The van der Waals surface area contributed by atoms with Crippen molar-refractivity contribution in [1.29, 1.82) is 0 Å². The highest BCUT2D eigenvalue weighted by atomic mass is 35.5. The molecule has 0 N–H and O–H groups in total. The molecule has 6 aromatic rings. The molecule has 1 aromatic heterocycles. The van der Waals surface area contributed by atoms with Gasteiger partial charge >= 0.3 is 0 Å². The Labute approximate surface area is 540 Å². The summed E-state index contributed by atoms with van der Waals surface area (Å²) in [5, 5.41) is -5.05. The van der Waals surface area contributed by atoms with Gasteiger partial charge in [0.15, 0.2) is 23.1 Å². The smallest absolute Gasteiger partial charge is 0.267 e. The van der Waals surface area contributed by atoms with Crippen LogP contribution in [0.3, 0.4) is 0 Å². The number of hydrogen-bond acceptors (Lipinski definition) is 10. The highest BCUT2D eigenvalue weighted by molar-refractivity contribution is 6.60. The minimum absolute atomic E-state index is 0.00963. The van der Waals surface area contributed by atoms with E-state index in [1.165, 1.54) is 36.4 Å². The molecule has 0 radical (unpaired) electrons. The number of fused-ring (bicyclic) bond motifs is 6. The Morgan fingerprint density at radius 2 is 0.829 bits per heavy atom. The van der Waals surface area contributed by atoms with Gasteiger partial charge in [0.05, 0.1) is 159 Å². The van der Waals surface area contributed by atoms with Crippen molar-refractivity contribution in [2.24, 2.45) is 10.9 Å². The fourth-order valence-electron chi connectivity index (χ4n) is 11.1. The number of benzene rings is 5. The number of aliphatic imine (C=N–C) groups is 1. The number of carbonyl (C=O) groups excluding carboxylic acids is 8. The summed E-state index contributed by atoms with van der Waals surface area (Å²) in [6.07, 6.45) is 3.99. The average molecular weight is 1420 g/mol. The molecule has 3 aliphatic heterocycles. The van der Waals surface area contributed by atoms with E-state index in [9.17, 15) is 28.8 Å². The van der Waals surface area contributed by atoms with Crippen molar-refractivity contribution in [2.45, 2.75) is 31.2 Å². The number of allylic oxidation sites excluding steroid dienone is 2. The van der Waals surface area contributed by atoms with Gasteiger partial charge in [-0.15, -0.1) is 0 Å². The lowest BCUT2D eigenvalue weighted by atomic mass is 9.76. The van der Waals surface area contributed by atoms with Gasteiger partial charge in [-0.3, -0.25) is 48.3 Å². The normalized spacial score (nSPS) is 18.7. The van der Waals surface area contributed by atoms with Crippen molar-refractivity contribution in [2.75, 3.05) is 4.90 Å². The topological polar surface area (TPSA) is 168 Å². The lowest BCUT2D eigenvalue weighted by Gasteiger charge is -2.38. The van der Waals surface area contributed by atoms with Crippen molar-refractivity contribution in [1.82, 2.24) is 9.88 Å². The predicted molar refractivity (Wildman–Crippen MR) is 321 cm³/mol. The molecule has 3 aliphatic carbocycles. The maximum Gasteiger partial charge on any atom is 0.267 e. The van der Waals surface area contributed by atoms with Gasteiger partial charge < -0.3 is 0 Å². The third-order valence-electron chi connectivity index (χ3n) is 14.8. The molecule has 1 unspecified atom stereocenters. The summed E-state index contributed by atoms with van der Waals surface area (Å²) in [6, 6.07) is 5.63. The molecule has 5 aromatic carbocycles. The number of aromatic nitrogens is 1. The largest absolute Gasteiger partial charge is 0.293 e. The molecule has 12 rings (SSSR count). The second-order valence-corrected chi connectivity index (χ2v) is 25.2. The SMILES string of the molecule is CC12CC=C(Cc3ccc4nc(C5C(=O)c6c(Cl)c(Cl)c(Cl)c(Cl)c6C5=O)ccc4c3N3C(=O)c4c(Cl)c(Cl)c(Cl)c(Cl)c4C3=O)C(N3C(=O)c4c(Cl)c(Cl)c(Cl)c(Cl)c4C3=O)=C1C=CC(C1C(=O)c3c(Cl)c(Cl)c(Cl)c(Cl)c3C1=O)=N2. The molecule has 4 heterocycles. The third kappa shape index (κ3) is 7.94. The van der Waals surface area contributed by atoms with Gasteiger partial charge in [0.1, 0.15) is 11.8 Å². The molecule has 0 saturated carbocycles. The van der Waals surface area contributed by atoms with Crippen LogP contribution in [0.25, 0.3) is 10.9 Å². The molecule has 0 fully saturated rings. The van der Waals surface area contributed by atoms with Crippen molar-refractivity contribution in [3.63, 3.8) is 0 Å². The summed E-state index contributed by atoms with van der Waals surface area (Å²) in [5.74, 6) is -10.5. The Kier molecular flexibility index (Phi) is 14.5. The number of Topliss-reactive ketones (excluding diaryl/α,β-unsaturated/α-hetero) is 4. The number of halogens is 16. The highest BCUT2D eigenvalue weighted by Crippen LogP contribution is 2.54. The predicted octanol–water partition coefficient (Wildman–Crippen LogP) is 18.5. The molecule has 28 heteroatoms. The zero-order chi connectivity index (χ0) is 59.3. The molecule has 0 saturated heterocycles. The summed E-state index contributed by atoms with van der Waals surface area (Å²) in [5.41, 5.74) is -4.17. The number of rotatable bonds is 6. The van der Waals surface area contributed by atoms with E-state index in [0.29, 0.717) is 0 Å². The van der Waals surface area contributed by atoms with Crippen LogP contribution in [0, 0.1) is 5.92 Å². The first-order valence-electron chi connectivity index (χ1n) is 23.1. The number of imide groups is 2. The average Bonchev–Trinajstić information content (AvgIpc) is 1.91. The summed E-state index contributed by atoms with van der Waals surface area (Å²) in [7, 11) is 0. The van der Waals surface area contributed by atoms with Crippen LogP contribution in [0.4, 0.5) is 5.69 Å². The molecule has 4 amide bonds. The van der Waals surface area contributed by atoms with Gasteiger partial charge in [0.2, 0.25) is 0 Å². The maximum absolute atomic E-state index is 15.0. The number of anilines is 1. The Morgan fingerprint density at radius 1 is 0.451 bits per heavy atom. The number of nitrogens with zero attached hydrogens (tertiary/aromatic N) is 4.